The third-order valence-electron chi connectivity index (χ3n) is 4.50. The average molecular weight is 492 g/mol. The van der Waals surface area contributed by atoms with Crippen LogP contribution >= 0.6 is 0 Å². The minimum absolute atomic E-state index is 0. The molecule has 35 heavy (non-hydrogen) atoms. The van der Waals surface area contributed by atoms with Gasteiger partial charge in [0.05, 0.1) is 18.7 Å². The number of ketones is 1. The molecule has 2 amide bonds. The molecule has 1 radical (unpaired) electrons. The zero-order valence-electron chi connectivity index (χ0n) is 19.9. The maximum Gasteiger partial charge on any atom is 0.326 e. The van der Waals surface area contributed by atoms with E-state index in [1.54, 1.807) is 67.6 Å². The van der Waals surface area contributed by atoms with Gasteiger partial charge in [-0.15, -0.1) is 5.11 Å². The van der Waals surface area contributed by atoms with Gasteiger partial charge in [-0.3, -0.25) is 19.4 Å². The molecule has 1 atom stereocenters. The van der Waals surface area contributed by atoms with Gasteiger partial charge in [-0.05, 0) is 55.0 Å². The minimum Gasteiger partial charge on any atom is -0.493 e. The van der Waals surface area contributed by atoms with E-state index >= 15 is 0 Å². The fourth-order valence-electron chi connectivity index (χ4n) is 2.76. The number of carboxylic acid groups (broad SMARTS) is 1. The van der Waals surface area contributed by atoms with Crippen LogP contribution in [0.15, 0.2) is 58.9 Å². The van der Waals surface area contributed by atoms with Crippen LogP contribution in [0.2, 0.25) is 0 Å². The SMILES string of the molecule is CN(C)N=Nc1ccc(C(=O)c2ccc(OCCC(=O)NC(CCC(N)=O)C(=O)O)cc2)cc1.[Na]. The van der Waals surface area contributed by atoms with Crippen molar-refractivity contribution in [3.8, 4) is 5.75 Å². The summed E-state index contributed by atoms with van der Waals surface area (Å²) in [4.78, 5) is 46.6. The quantitative estimate of drug-likeness (QED) is 0.166. The number of nitrogens with zero attached hydrogens (tertiary/aromatic N) is 3. The zero-order valence-corrected chi connectivity index (χ0v) is 21.9. The van der Waals surface area contributed by atoms with Crippen molar-refractivity contribution in [3.63, 3.8) is 0 Å². The van der Waals surface area contributed by atoms with E-state index in [2.05, 4.69) is 15.7 Å². The Bertz CT molecular complexity index is 1040. The number of carbonyl (C=O) groups excluding carboxylic acids is 3. The first-order valence-corrected chi connectivity index (χ1v) is 10.4. The molecule has 2 aromatic carbocycles. The van der Waals surface area contributed by atoms with E-state index in [1.165, 1.54) is 0 Å². The number of rotatable bonds is 13. The van der Waals surface area contributed by atoms with Crippen LogP contribution in [0.3, 0.4) is 0 Å². The van der Waals surface area contributed by atoms with Crippen molar-refractivity contribution in [2.75, 3.05) is 20.7 Å². The van der Waals surface area contributed by atoms with Gasteiger partial charge < -0.3 is 20.9 Å². The second-order valence-corrected chi connectivity index (χ2v) is 7.50. The van der Waals surface area contributed by atoms with Crippen molar-refractivity contribution in [1.29, 1.82) is 0 Å². The van der Waals surface area contributed by atoms with Crippen molar-refractivity contribution < 1.29 is 29.0 Å². The van der Waals surface area contributed by atoms with Crippen LogP contribution in [0.4, 0.5) is 5.69 Å². The average Bonchev–Trinajstić information content (AvgIpc) is 2.80. The molecule has 0 aliphatic heterocycles. The molecular formula is C23H27N5NaO6. The molecule has 0 fully saturated rings. The number of nitrogens with one attached hydrogen (secondary N) is 1. The molecule has 0 heterocycles. The van der Waals surface area contributed by atoms with E-state index in [9.17, 15) is 19.2 Å². The van der Waals surface area contributed by atoms with Gasteiger partial charge in [0.15, 0.2) is 5.78 Å². The number of aliphatic carboxylic acids is 1. The summed E-state index contributed by atoms with van der Waals surface area (Å²) in [7, 11) is 3.51. The minimum atomic E-state index is -1.25. The van der Waals surface area contributed by atoms with Gasteiger partial charge in [0, 0.05) is 61.2 Å². The third-order valence-corrected chi connectivity index (χ3v) is 4.50. The Hall–Kier alpha value is -3.28. The monoisotopic (exact) mass is 492 g/mol. The molecule has 0 saturated carbocycles. The zero-order chi connectivity index (χ0) is 25.1. The van der Waals surface area contributed by atoms with E-state index in [4.69, 9.17) is 15.6 Å². The summed E-state index contributed by atoms with van der Waals surface area (Å²) in [6, 6.07) is 12.0. The molecule has 0 aliphatic carbocycles. The molecule has 0 aromatic heterocycles. The van der Waals surface area contributed by atoms with Gasteiger partial charge in [-0.2, -0.15) is 0 Å². The number of ether oxygens (including phenoxy) is 1. The Morgan fingerprint density at radius 2 is 1.57 bits per heavy atom. The van der Waals surface area contributed by atoms with Gasteiger partial charge in [0.25, 0.3) is 0 Å². The first-order valence-electron chi connectivity index (χ1n) is 10.4. The summed E-state index contributed by atoms with van der Waals surface area (Å²) in [6.45, 7) is 0.00422. The predicted octanol–water partition coefficient (Wildman–Crippen LogP) is 1.70. The number of nitrogens with two attached hydrogens (primary N) is 1. The molecule has 0 saturated heterocycles. The van der Waals surface area contributed by atoms with Crippen molar-refractivity contribution in [2.24, 2.45) is 16.1 Å². The molecule has 11 nitrogen and oxygen atoms in total. The topological polar surface area (TPSA) is 164 Å². The molecular weight excluding hydrogens is 465 g/mol. The van der Waals surface area contributed by atoms with Gasteiger partial charge in [-0.25, -0.2) is 4.79 Å². The summed E-state index contributed by atoms with van der Waals surface area (Å²) in [6.07, 6.45) is -0.321. The number of carboxylic acids is 1. The van der Waals surface area contributed by atoms with Crippen molar-refractivity contribution in [3.05, 3.63) is 59.7 Å². The van der Waals surface area contributed by atoms with Gasteiger partial charge in [0.1, 0.15) is 11.8 Å². The molecule has 4 N–H and O–H groups in total. The maximum absolute atomic E-state index is 12.7. The van der Waals surface area contributed by atoms with E-state index in [1.807, 2.05) is 0 Å². The summed E-state index contributed by atoms with van der Waals surface area (Å²) >= 11 is 0. The summed E-state index contributed by atoms with van der Waals surface area (Å²) in [5.74, 6) is -2.14. The molecule has 0 aliphatic rings. The number of carbonyl (C=O) groups is 4. The molecule has 0 spiro atoms. The summed E-state index contributed by atoms with van der Waals surface area (Å²) in [5, 5.41) is 20.9. The Balaban J connectivity index is 0.00000612. The second-order valence-electron chi connectivity index (χ2n) is 7.50. The first-order chi connectivity index (χ1) is 16.2. The van der Waals surface area contributed by atoms with Crippen LogP contribution in [0, 0.1) is 0 Å². The van der Waals surface area contributed by atoms with Gasteiger partial charge in [0.2, 0.25) is 11.8 Å². The fourth-order valence-corrected chi connectivity index (χ4v) is 2.76. The molecule has 0 bridgehead atoms. The van der Waals surface area contributed by atoms with Crippen LogP contribution in [-0.4, -0.2) is 90.0 Å². The second kappa shape index (κ2) is 14.9. The van der Waals surface area contributed by atoms with E-state index < -0.39 is 23.8 Å². The van der Waals surface area contributed by atoms with Gasteiger partial charge in [-0.1, -0.05) is 5.22 Å². The van der Waals surface area contributed by atoms with Crippen molar-refractivity contribution in [1.82, 2.24) is 10.3 Å². The van der Waals surface area contributed by atoms with Crippen LogP contribution in [0.5, 0.6) is 5.75 Å². The van der Waals surface area contributed by atoms with E-state index in [0.717, 1.165) is 0 Å². The van der Waals surface area contributed by atoms with E-state index in [0.29, 0.717) is 22.6 Å². The van der Waals surface area contributed by atoms with Crippen molar-refractivity contribution in [2.45, 2.75) is 25.3 Å². The molecule has 12 heteroatoms. The number of amides is 2. The van der Waals surface area contributed by atoms with Crippen LogP contribution in [0.25, 0.3) is 0 Å². The van der Waals surface area contributed by atoms with Crippen LogP contribution in [0.1, 0.15) is 35.2 Å². The Morgan fingerprint density at radius 3 is 2.09 bits per heavy atom. The molecule has 1 unspecified atom stereocenters. The van der Waals surface area contributed by atoms with Crippen LogP contribution in [-0.2, 0) is 14.4 Å². The number of primary amides is 1. The molecule has 181 valence electrons. The summed E-state index contributed by atoms with van der Waals surface area (Å²) in [5.41, 5.74) is 6.60. The smallest absolute Gasteiger partial charge is 0.326 e. The number of hydrogen-bond donors (Lipinski definition) is 3. The Morgan fingerprint density at radius 1 is 1.00 bits per heavy atom. The molecule has 2 aromatic rings. The molecule has 2 rings (SSSR count). The Labute approximate surface area is 225 Å². The fraction of sp³-hybridized carbons (Fsp3) is 0.304. The third kappa shape index (κ3) is 10.7. The summed E-state index contributed by atoms with van der Waals surface area (Å²) < 4.78 is 5.50. The van der Waals surface area contributed by atoms with E-state index in [-0.39, 0.29) is 61.2 Å². The van der Waals surface area contributed by atoms with Crippen LogP contribution < -0.4 is 15.8 Å². The largest absolute Gasteiger partial charge is 0.493 e. The predicted molar refractivity (Wildman–Crippen MR) is 128 cm³/mol. The standard InChI is InChI=1S/C23H27N5O6.Na/c1-28(2)27-26-17-7-3-15(4-8-17)22(31)16-5-9-18(10-6-16)34-14-13-21(30)25-19(23(32)33)11-12-20(24)29;/h3-10,19H,11-14H2,1-2H3,(H2,24,29)(H,25,30)(H,32,33);. The Kier molecular flexibility index (Phi) is 12.6. The van der Waals surface area contributed by atoms with Crippen molar-refractivity contribution >= 4 is 58.8 Å². The maximum atomic E-state index is 12.7. The van der Waals surface area contributed by atoms with Gasteiger partial charge >= 0.3 is 5.97 Å². The normalized spacial score (nSPS) is 11.3. The first kappa shape index (κ1) is 29.8. The number of hydrogen-bond acceptors (Lipinski definition) is 7. The number of benzene rings is 2.